The summed E-state index contributed by atoms with van der Waals surface area (Å²) in [6.45, 7) is 0.0676. The maximum absolute atomic E-state index is 13.1. The van der Waals surface area contributed by atoms with Gasteiger partial charge in [0, 0.05) is 34.5 Å². The van der Waals surface area contributed by atoms with Crippen molar-refractivity contribution >= 4 is 61.9 Å². The van der Waals surface area contributed by atoms with E-state index in [0.29, 0.717) is 6.54 Å². The van der Waals surface area contributed by atoms with E-state index < -0.39 is 24.7 Å². The summed E-state index contributed by atoms with van der Waals surface area (Å²) in [6.07, 6.45) is -0.924. The van der Waals surface area contributed by atoms with Crippen LogP contribution >= 0.6 is 12.4 Å². The number of ether oxygens (including phenoxy) is 1. The standard InChI is InChI=1S/C25H19N3O4.ClH/c29-11-25(31)9-17-27-15-7-3-2-6-13(15)19-20-14(10-26-23(20)30)18-12-5-1-4-8-16(12)28(24(25)32-17)21(18)22(19)27;/h1-8,17,24,29,31H,9-11H2,(H,26,30);1H/t17?,24?,25-;/m1./s1. The average Bonchev–Trinajstić information content (AvgIpc) is 3.51. The van der Waals surface area contributed by atoms with E-state index in [0.717, 1.165) is 54.7 Å². The molecule has 2 bridgehead atoms. The fourth-order valence-electron chi connectivity index (χ4n) is 6.38. The number of hydrogen-bond acceptors (Lipinski definition) is 4. The number of aliphatic hydroxyl groups is 2. The number of nitrogens with zero attached hydrogens (tertiary/aromatic N) is 2. The van der Waals surface area contributed by atoms with Crippen molar-refractivity contribution in [2.24, 2.45) is 0 Å². The number of halogens is 1. The van der Waals surface area contributed by atoms with Gasteiger partial charge in [-0.1, -0.05) is 36.4 Å². The van der Waals surface area contributed by atoms with Crippen LogP contribution in [0, 0.1) is 0 Å². The Balaban J connectivity index is 0.00000190. The molecule has 8 heteroatoms. The molecular weight excluding hydrogens is 442 g/mol. The van der Waals surface area contributed by atoms with Crippen LogP contribution in [0.4, 0.5) is 0 Å². The second-order valence-electron chi connectivity index (χ2n) is 9.17. The fraction of sp³-hybridized carbons (Fsp3) is 0.240. The van der Waals surface area contributed by atoms with E-state index in [1.807, 2.05) is 42.5 Å². The lowest BCUT2D eigenvalue weighted by Crippen LogP contribution is -2.39. The molecule has 1 saturated heterocycles. The molecule has 7 nitrogen and oxygen atoms in total. The number of benzene rings is 3. The summed E-state index contributed by atoms with van der Waals surface area (Å²) >= 11 is 0. The van der Waals surface area contributed by atoms with Crippen LogP contribution < -0.4 is 5.32 Å². The normalized spacial score (nSPS) is 25.2. The topological polar surface area (TPSA) is 88.7 Å². The van der Waals surface area contributed by atoms with Gasteiger partial charge in [-0.15, -0.1) is 12.4 Å². The number of fused-ring (bicyclic) bond motifs is 13. The number of para-hydroxylation sites is 2. The first-order valence-corrected chi connectivity index (χ1v) is 10.9. The first-order chi connectivity index (χ1) is 15.6. The minimum atomic E-state index is -1.41. The molecular formula is C25H20ClN3O4. The van der Waals surface area contributed by atoms with Crippen molar-refractivity contribution in [2.45, 2.75) is 31.0 Å². The number of carbonyl (C=O) groups excluding carboxylic acids is 1. The molecule has 0 spiro atoms. The highest BCUT2D eigenvalue weighted by Gasteiger charge is 2.52. The van der Waals surface area contributed by atoms with E-state index >= 15 is 0 Å². The number of aromatic nitrogens is 2. The zero-order chi connectivity index (χ0) is 21.4. The zero-order valence-corrected chi connectivity index (χ0v) is 18.2. The van der Waals surface area contributed by atoms with Crippen LogP contribution in [-0.4, -0.2) is 37.5 Å². The average molecular weight is 462 g/mol. The number of carbonyl (C=O) groups is 1. The molecule has 5 heterocycles. The van der Waals surface area contributed by atoms with Crippen LogP contribution in [0.25, 0.3) is 43.6 Å². The van der Waals surface area contributed by atoms with Gasteiger partial charge in [0.05, 0.1) is 34.2 Å². The van der Waals surface area contributed by atoms with E-state index in [9.17, 15) is 15.0 Å². The van der Waals surface area contributed by atoms with Crippen molar-refractivity contribution in [3.63, 3.8) is 0 Å². The van der Waals surface area contributed by atoms with Crippen molar-refractivity contribution < 1.29 is 19.7 Å². The van der Waals surface area contributed by atoms with E-state index in [2.05, 4.69) is 20.5 Å². The maximum Gasteiger partial charge on any atom is 0.252 e. The van der Waals surface area contributed by atoms with Gasteiger partial charge in [0.15, 0.2) is 6.23 Å². The molecule has 0 aliphatic carbocycles. The van der Waals surface area contributed by atoms with Crippen molar-refractivity contribution in [2.75, 3.05) is 6.61 Å². The molecule has 3 aromatic carbocycles. The molecule has 2 unspecified atom stereocenters. The van der Waals surface area contributed by atoms with Gasteiger partial charge in [-0.05, 0) is 17.7 Å². The number of hydrogen-bond donors (Lipinski definition) is 3. The quantitative estimate of drug-likeness (QED) is 0.355. The lowest BCUT2D eigenvalue weighted by atomic mass is 9.96. The predicted octanol–water partition coefficient (Wildman–Crippen LogP) is 3.72. The monoisotopic (exact) mass is 461 g/mol. The Bertz CT molecular complexity index is 1690. The summed E-state index contributed by atoms with van der Waals surface area (Å²) in [7, 11) is 0. The molecule has 5 aromatic rings. The molecule has 166 valence electrons. The minimum Gasteiger partial charge on any atom is -0.393 e. The highest BCUT2D eigenvalue weighted by atomic mass is 35.5. The molecule has 1 amide bonds. The van der Waals surface area contributed by atoms with Crippen LogP contribution in [0.3, 0.4) is 0 Å². The Labute approximate surface area is 193 Å². The van der Waals surface area contributed by atoms with Gasteiger partial charge in [0.2, 0.25) is 0 Å². The highest BCUT2D eigenvalue weighted by molar-refractivity contribution is 6.30. The molecule has 3 aliphatic rings. The SMILES string of the molecule is Cl.O=C1NCc2c1c1c3ccccc3n3c1c1c2c2ccccc2n1C1OC3C[C@@]1(O)CO. The molecule has 1 fully saturated rings. The van der Waals surface area contributed by atoms with Crippen LogP contribution in [-0.2, 0) is 11.3 Å². The minimum absolute atomic E-state index is 0. The lowest BCUT2D eigenvalue weighted by molar-refractivity contribution is -0.113. The number of nitrogens with one attached hydrogen (secondary N) is 1. The fourth-order valence-corrected chi connectivity index (χ4v) is 6.38. The summed E-state index contributed by atoms with van der Waals surface area (Å²) in [6, 6.07) is 16.1. The van der Waals surface area contributed by atoms with Crippen LogP contribution in [0.1, 0.15) is 34.8 Å². The molecule has 3 N–H and O–H groups in total. The van der Waals surface area contributed by atoms with Crippen LogP contribution in [0.2, 0.25) is 0 Å². The summed E-state index contributed by atoms with van der Waals surface area (Å²) in [5, 5.41) is 28.7. The molecule has 0 saturated carbocycles. The van der Waals surface area contributed by atoms with Crippen molar-refractivity contribution in [3.05, 3.63) is 59.7 Å². The van der Waals surface area contributed by atoms with Gasteiger partial charge in [0.25, 0.3) is 5.91 Å². The van der Waals surface area contributed by atoms with Crippen LogP contribution in [0.5, 0.6) is 0 Å². The molecule has 8 rings (SSSR count). The highest BCUT2D eigenvalue weighted by Crippen LogP contribution is 2.54. The second kappa shape index (κ2) is 6.07. The lowest BCUT2D eigenvalue weighted by Gasteiger charge is -2.28. The Morgan fingerprint density at radius 2 is 1.64 bits per heavy atom. The third kappa shape index (κ3) is 2.01. The summed E-state index contributed by atoms with van der Waals surface area (Å²) in [5.41, 5.74) is 4.10. The van der Waals surface area contributed by atoms with Gasteiger partial charge in [-0.2, -0.15) is 0 Å². The van der Waals surface area contributed by atoms with Crippen LogP contribution in [0.15, 0.2) is 48.5 Å². The summed E-state index contributed by atoms with van der Waals surface area (Å²) in [4.78, 5) is 13.1. The van der Waals surface area contributed by atoms with E-state index in [4.69, 9.17) is 4.74 Å². The third-order valence-electron chi connectivity index (χ3n) is 7.62. The van der Waals surface area contributed by atoms with Gasteiger partial charge in [-0.25, -0.2) is 0 Å². The molecule has 3 atom stereocenters. The smallest absolute Gasteiger partial charge is 0.252 e. The summed E-state index contributed by atoms with van der Waals surface area (Å²) < 4.78 is 10.7. The third-order valence-corrected chi connectivity index (χ3v) is 7.62. The Kier molecular flexibility index (Phi) is 3.56. The van der Waals surface area contributed by atoms with E-state index in [1.54, 1.807) is 0 Å². The number of amides is 1. The molecule has 3 aliphatic heterocycles. The van der Waals surface area contributed by atoms with Gasteiger partial charge in [0.1, 0.15) is 11.8 Å². The Morgan fingerprint density at radius 3 is 2.36 bits per heavy atom. The largest absolute Gasteiger partial charge is 0.393 e. The van der Waals surface area contributed by atoms with Crippen molar-refractivity contribution in [1.82, 2.24) is 14.5 Å². The molecule has 33 heavy (non-hydrogen) atoms. The summed E-state index contributed by atoms with van der Waals surface area (Å²) in [5.74, 6) is -0.0520. The second-order valence-corrected chi connectivity index (χ2v) is 9.17. The molecule has 2 aromatic heterocycles. The first-order valence-electron chi connectivity index (χ1n) is 10.9. The van der Waals surface area contributed by atoms with Gasteiger partial charge < -0.3 is 29.4 Å². The van der Waals surface area contributed by atoms with Crippen molar-refractivity contribution in [3.8, 4) is 0 Å². The van der Waals surface area contributed by atoms with Crippen molar-refractivity contribution in [1.29, 1.82) is 0 Å². The van der Waals surface area contributed by atoms with Gasteiger partial charge in [-0.3, -0.25) is 4.79 Å². The van der Waals surface area contributed by atoms with E-state index in [-0.39, 0.29) is 24.7 Å². The maximum atomic E-state index is 13.1. The number of aliphatic hydroxyl groups excluding tert-OH is 1. The molecule has 0 radical (unpaired) electrons. The first kappa shape index (κ1) is 19.4. The Morgan fingerprint density at radius 1 is 1.00 bits per heavy atom. The van der Waals surface area contributed by atoms with Gasteiger partial charge >= 0.3 is 0 Å². The number of rotatable bonds is 1. The zero-order valence-electron chi connectivity index (χ0n) is 17.4. The van der Waals surface area contributed by atoms with E-state index in [1.165, 1.54) is 0 Å². The Hall–Kier alpha value is -3.10. The predicted molar refractivity (Wildman–Crippen MR) is 127 cm³/mol.